The fourth-order valence-electron chi connectivity index (χ4n) is 4.13. The van der Waals surface area contributed by atoms with E-state index in [1.165, 1.54) is 11.3 Å². The van der Waals surface area contributed by atoms with Crippen LogP contribution in [0.5, 0.6) is 0 Å². The zero-order valence-corrected chi connectivity index (χ0v) is 19.6. The molecule has 0 atom stereocenters. The quantitative estimate of drug-likeness (QED) is 0.701. The number of nitrogens with zero attached hydrogens (tertiary/aromatic N) is 2. The number of aromatic nitrogens is 1. The van der Waals surface area contributed by atoms with E-state index in [0.717, 1.165) is 41.8 Å². The smallest absolute Gasteiger partial charge is 0.410 e. The highest BCUT2D eigenvalue weighted by molar-refractivity contribution is 7.10. The van der Waals surface area contributed by atoms with Crippen molar-refractivity contribution in [2.75, 3.05) is 18.4 Å². The summed E-state index contributed by atoms with van der Waals surface area (Å²) in [6.07, 6.45) is 3.62. The number of likely N-dealkylation sites (tertiary alicyclic amines) is 1. The monoisotopic (exact) mass is 455 g/mol. The van der Waals surface area contributed by atoms with Gasteiger partial charge in [0.25, 0.3) is 5.91 Å². The van der Waals surface area contributed by atoms with Crippen molar-refractivity contribution in [1.29, 1.82) is 0 Å². The molecule has 2 amide bonds. The number of carbonyl (C=O) groups excluding carboxylic acids is 3. The number of Topliss-reactive ketones (excluding diaryl/α,β-unsaturated/α-hetero) is 1. The number of fused-ring (bicyclic) bond motifs is 1. The molecule has 1 aromatic heterocycles. The number of carbonyl (C=O) groups is 3. The fraction of sp³-hybridized carbons (Fsp3) is 0.500. The molecule has 2 aromatic rings. The van der Waals surface area contributed by atoms with Gasteiger partial charge in [-0.15, -0.1) is 11.3 Å². The average Bonchev–Trinajstić information content (AvgIpc) is 3.23. The molecule has 1 saturated heterocycles. The van der Waals surface area contributed by atoms with Gasteiger partial charge in [0.15, 0.2) is 5.78 Å². The predicted octanol–water partition coefficient (Wildman–Crippen LogP) is 5.03. The van der Waals surface area contributed by atoms with E-state index < -0.39 is 5.60 Å². The van der Waals surface area contributed by atoms with E-state index >= 15 is 0 Å². The van der Waals surface area contributed by atoms with Gasteiger partial charge in [-0.2, -0.15) is 0 Å². The minimum Gasteiger partial charge on any atom is -0.444 e. The molecule has 1 fully saturated rings. The highest BCUT2D eigenvalue weighted by Gasteiger charge is 2.29. The number of benzene rings is 1. The Morgan fingerprint density at radius 1 is 1.19 bits per heavy atom. The summed E-state index contributed by atoms with van der Waals surface area (Å²) in [5.74, 6) is 0.154. The Balaban J connectivity index is 1.35. The average molecular weight is 456 g/mol. The maximum atomic E-state index is 12.7. The van der Waals surface area contributed by atoms with Crippen molar-refractivity contribution in [3.63, 3.8) is 0 Å². The third-order valence-corrected chi connectivity index (χ3v) is 6.77. The predicted molar refractivity (Wildman–Crippen MR) is 124 cm³/mol. The van der Waals surface area contributed by atoms with Gasteiger partial charge in [0, 0.05) is 42.1 Å². The molecule has 1 N–H and O–H groups in total. The van der Waals surface area contributed by atoms with E-state index in [1.54, 1.807) is 22.4 Å². The van der Waals surface area contributed by atoms with E-state index in [4.69, 9.17) is 4.74 Å². The summed E-state index contributed by atoms with van der Waals surface area (Å²) in [7, 11) is 0. The van der Waals surface area contributed by atoms with Crippen LogP contribution in [0.25, 0.3) is 0 Å². The van der Waals surface area contributed by atoms with Crippen molar-refractivity contribution in [1.82, 2.24) is 9.88 Å². The lowest BCUT2D eigenvalue weighted by molar-refractivity contribution is 0.0204. The Bertz CT molecular complexity index is 1030. The first-order chi connectivity index (χ1) is 15.2. The molecule has 1 aliphatic heterocycles. The summed E-state index contributed by atoms with van der Waals surface area (Å²) in [5.41, 5.74) is 2.34. The van der Waals surface area contributed by atoms with Crippen molar-refractivity contribution in [3.05, 3.63) is 45.4 Å². The first-order valence-corrected chi connectivity index (χ1v) is 12.0. The lowest BCUT2D eigenvalue weighted by atomic mass is 9.90. The molecule has 0 spiro atoms. The molecule has 0 radical (unpaired) electrons. The Kier molecular flexibility index (Phi) is 6.33. The van der Waals surface area contributed by atoms with Crippen LogP contribution < -0.4 is 5.32 Å². The summed E-state index contributed by atoms with van der Waals surface area (Å²) in [6.45, 7) is 6.83. The molecular formula is C24H29N3O4S. The largest absolute Gasteiger partial charge is 0.444 e. The molecule has 8 heteroatoms. The number of piperidine rings is 1. The molecule has 1 aromatic carbocycles. The summed E-state index contributed by atoms with van der Waals surface area (Å²) < 4.78 is 5.45. The van der Waals surface area contributed by atoms with Crippen LogP contribution in [-0.4, -0.2) is 46.4 Å². The van der Waals surface area contributed by atoms with Crippen LogP contribution >= 0.6 is 11.3 Å². The van der Waals surface area contributed by atoms with Crippen molar-refractivity contribution in [3.8, 4) is 0 Å². The number of thiazole rings is 1. The van der Waals surface area contributed by atoms with Crippen LogP contribution in [0.4, 0.5) is 10.5 Å². The van der Waals surface area contributed by atoms with Crippen molar-refractivity contribution >= 4 is 34.8 Å². The van der Waals surface area contributed by atoms with Crippen molar-refractivity contribution in [2.24, 2.45) is 0 Å². The van der Waals surface area contributed by atoms with Crippen LogP contribution in [0, 0.1) is 0 Å². The summed E-state index contributed by atoms with van der Waals surface area (Å²) in [4.78, 5) is 43.3. The number of ether oxygens (including phenoxy) is 1. The first-order valence-electron chi connectivity index (χ1n) is 11.1. The number of rotatable bonds is 3. The molecule has 0 saturated carbocycles. The van der Waals surface area contributed by atoms with E-state index in [-0.39, 0.29) is 23.7 Å². The lowest BCUT2D eigenvalue weighted by Gasteiger charge is -2.32. The SMILES string of the molecule is CC(C)(C)OC(=O)N1CCC(c2nc(C(=O)Nc3ccc4c(c3)CCCC4=O)cs2)CC1. The molecule has 0 unspecified atom stereocenters. The first kappa shape index (κ1) is 22.5. The number of ketones is 1. The molecule has 1 aliphatic carbocycles. The number of hydrogen-bond donors (Lipinski definition) is 1. The standard InChI is InChI=1S/C24H29N3O4S/c1-24(2,3)31-23(30)27-11-9-15(10-12-27)22-26-19(14-32-22)21(29)25-17-7-8-18-16(13-17)5-4-6-20(18)28/h7-8,13-15H,4-6,9-12H2,1-3H3,(H,25,29). The van der Waals surface area contributed by atoms with Gasteiger partial charge in [-0.3, -0.25) is 9.59 Å². The van der Waals surface area contributed by atoms with E-state index in [1.807, 2.05) is 26.8 Å². The highest BCUT2D eigenvalue weighted by atomic mass is 32.1. The number of hydrogen-bond acceptors (Lipinski definition) is 6. The van der Waals surface area contributed by atoms with Gasteiger partial charge in [-0.25, -0.2) is 9.78 Å². The molecule has 4 rings (SSSR count). The van der Waals surface area contributed by atoms with Gasteiger partial charge >= 0.3 is 6.09 Å². The van der Waals surface area contributed by atoms with Gasteiger partial charge < -0.3 is 15.0 Å². The third-order valence-electron chi connectivity index (χ3n) is 5.76. The van der Waals surface area contributed by atoms with Crippen LogP contribution in [0.1, 0.15) is 83.8 Å². The van der Waals surface area contributed by atoms with Crippen LogP contribution in [0.2, 0.25) is 0 Å². The van der Waals surface area contributed by atoms with Gasteiger partial charge in [0.2, 0.25) is 0 Å². The molecule has 32 heavy (non-hydrogen) atoms. The second-order valence-electron chi connectivity index (χ2n) is 9.42. The summed E-state index contributed by atoms with van der Waals surface area (Å²) in [5, 5.41) is 5.62. The molecule has 0 bridgehead atoms. The zero-order valence-electron chi connectivity index (χ0n) is 18.8. The number of aryl methyl sites for hydroxylation is 1. The molecule has 7 nitrogen and oxygen atoms in total. The van der Waals surface area contributed by atoms with Gasteiger partial charge in [0.1, 0.15) is 11.3 Å². The number of amides is 2. The zero-order chi connectivity index (χ0) is 22.9. The van der Waals surface area contributed by atoms with Gasteiger partial charge in [0.05, 0.1) is 5.01 Å². The second kappa shape index (κ2) is 9.02. The fourth-order valence-corrected chi connectivity index (χ4v) is 5.11. The van der Waals surface area contributed by atoms with Gasteiger partial charge in [-0.1, -0.05) is 0 Å². The normalized spacial score (nSPS) is 17.1. The lowest BCUT2D eigenvalue weighted by Crippen LogP contribution is -2.41. The number of nitrogens with one attached hydrogen (secondary N) is 1. The van der Waals surface area contributed by atoms with Gasteiger partial charge in [-0.05, 0) is 70.2 Å². The van der Waals surface area contributed by atoms with E-state index in [9.17, 15) is 14.4 Å². The van der Waals surface area contributed by atoms with Crippen LogP contribution in [-0.2, 0) is 11.2 Å². The minimum absolute atomic E-state index is 0.172. The summed E-state index contributed by atoms with van der Waals surface area (Å²) in [6, 6.07) is 5.47. The number of anilines is 1. The van der Waals surface area contributed by atoms with Crippen LogP contribution in [0.3, 0.4) is 0 Å². The van der Waals surface area contributed by atoms with Crippen LogP contribution in [0.15, 0.2) is 23.6 Å². The maximum absolute atomic E-state index is 12.7. The Morgan fingerprint density at radius 3 is 2.66 bits per heavy atom. The minimum atomic E-state index is -0.501. The topological polar surface area (TPSA) is 88.6 Å². The van der Waals surface area contributed by atoms with E-state index in [2.05, 4.69) is 10.3 Å². The Hall–Kier alpha value is -2.74. The van der Waals surface area contributed by atoms with Crippen molar-refractivity contribution < 1.29 is 19.1 Å². The Labute approximate surface area is 192 Å². The maximum Gasteiger partial charge on any atom is 0.410 e. The van der Waals surface area contributed by atoms with Crippen molar-refractivity contribution in [2.45, 2.75) is 64.4 Å². The van der Waals surface area contributed by atoms with E-state index in [0.29, 0.717) is 30.9 Å². The molecule has 2 heterocycles. The Morgan fingerprint density at radius 2 is 1.94 bits per heavy atom. The molecule has 170 valence electrons. The second-order valence-corrected chi connectivity index (χ2v) is 10.3. The molecule has 2 aliphatic rings. The molecular weight excluding hydrogens is 426 g/mol. The summed E-state index contributed by atoms with van der Waals surface area (Å²) >= 11 is 1.49. The third kappa shape index (κ3) is 5.18. The highest BCUT2D eigenvalue weighted by Crippen LogP contribution is 2.31.